The number of hydrogen-bond acceptors (Lipinski definition) is 1. The minimum atomic E-state index is 1.10. The Kier molecular flexibility index (Phi) is 7.53. The second-order valence-corrected chi connectivity index (χ2v) is 14.5. The largest absolute Gasteiger partial charge is 0.309 e. The monoisotopic (exact) mass is 712 g/mol. The molecular weight excluding hydrogens is 677 g/mol. The number of aromatic nitrogens is 1. The lowest BCUT2D eigenvalue weighted by atomic mass is 9.97. The molecule has 11 rings (SSSR count). The standard InChI is InChI=1S/C54H36N2/c1-2-14-39(15-3-1)45-19-10-12-24-50(45)56(53-36-41-17-5-6-18-44(41)47-21-8-9-22-48(47)53)43-33-28-38(29-34-43)37-26-31-42(32-27-37)55-51-25-13-11-23-49(51)54-46-20-7-4-16-40(46)30-35-52(54)55/h1-36H. The molecule has 0 atom stereocenters. The minimum absolute atomic E-state index is 1.10. The van der Waals surface area contributed by atoms with Crippen molar-refractivity contribution in [1.29, 1.82) is 0 Å². The highest BCUT2D eigenvalue weighted by molar-refractivity contribution is 6.21. The van der Waals surface area contributed by atoms with Crippen molar-refractivity contribution in [2.45, 2.75) is 0 Å². The Balaban J connectivity index is 1.03. The third-order valence-electron chi connectivity index (χ3n) is 11.4. The van der Waals surface area contributed by atoms with Crippen LogP contribution in [-0.4, -0.2) is 4.57 Å². The van der Waals surface area contributed by atoms with E-state index in [1.165, 1.54) is 76.4 Å². The highest BCUT2D eigenvalue weighted by atomic mass is 15.1. The average Bonchev–Trinajstić information content (AvgIpc) is 3.62. The number of hydrogen-bond donors (Lipinski definition) is 0. The molecule has 56 heavy (non-hydrogen) atoms. The minimum Gasteiger partial charge on any atom is -0.309 e. The van der Waals surface area contributed by atoms with Crippen LogP contribution in [0.1, 0.15) is 0 Å². The Bertz CT molecular complexity index is 3230. The van der Waals surface area contributed by atoms with E-state index in [2.05, 4.69) is 228 Å². The van der Waals surface area contributed by atoms with Gasteiger partial charge in [-0.2, -0.15) is 0 Å². The highest BCUT2D eigenvalue weighted by Gasteiger charge is 2.21. The maximum Gasteiger partial charge on any atom is 0.0547 e. The Labute approximate surface area is 325 Å². The molecule has 2 heteroatoms. The van der Waals surface area contributed by atoms with Crippen LogP contribution in [-0.2, 0) is 0 Å². The average molecular weight is 713 g/mol. The van der Waals surface area contributed by atoms with E-state index in [1.807, 2.05) is 0 Å². The van der Waals surface area contributed by atoms with Crippen LogP contribution in [0.25, 0.3) is 82.1 Å². The first-order chi connectivity index (χ1) is 27.8. The number of para-hydroxylation sites is 2. The van der Waals surface area contributed by atoms with Gasteiger partial charge in [0.05, 0.1) is 22.4 Å². The summed E-state index contributed by atoms with van der Waals surface area (Å²) in [6.07, 6.45) is 0. The van der Waals surface area contributed by atoms with Crippen LogP contribution in [0.2, 0.25) is 0 Å². The molecule has 0 aliphatic carbocycles. The molecule has 0 aliphatic heterocycles. The van der Waals surface area contributed by atoms with Crippen molar-refractivity contribution in [3.8, 4) is 27.9 Å². The molecule has 0 radical (unpaired) electrons. The van der Waals surface area contributed by atoms with Gasteiger partial charge in [0, 0.05) is 33.1 Å². The molecule has 0 spiro atoms. The molecule has 262 valence electrons. The Morgan fingerprint density at radius 1 is 0.321 bits per heavy atom. The van der Waals surface area contributed by atoms with Crippen LogP contribution < -0.4 is 4.90 Å². The zero-order chi connectivity index (χ0) is 37.0. The first-order valence-corrected chi connectivity index (χ1v) is 19.3. The summed E-state index contributed by atoms with van der Waals surface area (Å²) in [5, 5.41) is 10.1. The molecule has 0 bridgehead atoms. The van der Waals surface area contributed by atoms with Crippen molar-refractivity contribution in [2.24, 2.45) is 0 Å². The lowest BCUT2D eigenvalue weighted by Gasteiger charge is -2.29. The predicted molar refractivity (Wildman–Crippen MR) is 239 cm³/mol. The van der Waals surface area contributed by atoms with Gasteiger partial charge in [0.1, 0.15) is 0 Å². The van der Waals surface area contributed by atoms with Crippen LogP contribution in [0.3, 0.4) is 0 Å². The molecule has 10 aromatic carbocycles. The number of rotatable bonds is 6. The zero-order valence-electron chi connectivity index (χ0n) is 30.7. The van der Waals surface area contributed by atoms with E-state index >= 15 is 0 Å². The fraction of sp³-hybridized carbons (Fsp3) is 0. The summed E-state index contributed by atoms with van der Waals surface area (Å²) in [6.45, 7) is 0. The third-order valence-corrected chi connectivity index (χ3v) is 11.4. The van der Waals surface area contributed by atoms with Crippen molar-refractivity contribution < 1.29 is 0 Å². The van der Waals surface area contributed by atoms with Gasteiger partial charge >= 0.3 is 0 Å². The van der Waals surface area contributed by atoms with Crippen molar-refractivity contribution in [1.82, 2.24) is 4.57 Å². The van der Waals surface area contributed by atoms with Crippen molar-refractivity contribution in [2.75, 3.05) is 4.90 Å². The van der Waals surface area contributed by atoms with Crippen LogP contribution >= 0.6 is 0 Å². The number of fused-ring (bicyclic) bond motifs is 8. The van der Waals surface area contributed by atoms with Gasteiger partial charge in [-0.25, -0.2) is 0 Å². The first kappa shape index (κ1) is 32.0. The maximum atomic E-state index is 2.44. The molecule has 0 fully saturated rings. The SMILES string of the molecule is c1ccc(-c2ccccc2N(c2ccc(-c3ccc(-n4c5ccccc5c5c6ccccc6ccc54)cc3)cc2)c2cc3ccccc3c3ccccc23)cc1. The Morgan fingerprint density at radius 2 is 0.911 bits per heavy atom. The molecule has 11 aromatic rings. The quantitative estimate of drug-likeness (QED) is 0.156. The number of benzene rings is 10. The normalized spacial score (nSPS) is 11.6. The number of nitrogens with zero attached hydrogens (tertiary/aromatic N) is 2. The van der Waals surface area contributed by atoms with Crippen molar-refractivity contribution in [3.63, 3.8) is 0 Å². The van der Waals surface area contributed by atoms with Gasteiger partial charge in [-0.3, -0.25) is 0 Å². The molecule has 1 heterocycles. The molecule has 0 N–H and O–H groups in total. The van der Waals surface area contributed by atoms with Gasteiger partial charge in [-0.05, 0) is 92.2 Å². The third kappa shape index (κ3) is 5.19. The number of anilines is 3. The fourth-order valence-corrected chi connectivity index (χ4v) is 8.78. The van der Waals surface area contributed by atoms with Gasteiger partial charge in [0.25, 0.3) is 0 Å². The van der Waals surface area contributed by atoms with Gasteiger partial charge in [-0.15, -0.1) is 0 Å². The lowest BCUT2D eigenvalue weighted by Crippen LogP contribution is -2.12. The van der Waals surface area contributed by atoms with E-state index in [4.69, 9.17) is 0 Å². The van der Waals surface area contributed by atoms with E-state index in [1.54, 1.807) is 0 Å². The molecular formula is C54H36N2. The summed E-state index contributed by atoms with van der Waals surface area (Å²) in [5.74, 6) is 0. The summed E-state index contributed by atoms with van der Waals surface area (Å²) in [6, 6.07) is 79.4. The van der Waals surface area contributed by atoms with E-state index in [9.17, 15) is 0 Å². The summed E-state index contributed by atoms with van der Waals surface area (Å²) >= 11 is 0. The van der Waals surface area contributed by atoms with Gasteiger partial charge in [-0.1, -0.05) is 170 Å². The lowest BCUT2D eigenvalue weighted by molar-refractivity contribution is 1.18. The summed E-state index contributed by atoms with van der Waals surface area (Å²) in [4.78, 5) is 2.44. The maximum absolute atomic E-state index is 2.44. The van der Waals surface area contributed by atoms with Gasteiger partial charge in [0.2, 0.25) is 0 Å². The summed E-state index contributed by atoms with van der Waals surface area (Å²) in [5.41, 5.74) is 11.7. The molecule has 0 saturated heterocycles. The highest BCUT2D eigenvalue weighted by Crippen LogP contribution is 2.46. The van der Waals surface area contributed by atoms with Crippen LogP contribution in [0, 0.1) is 0 Å². The second kappa shape index (κ2) is 13.2. The molecule has 0 unspecified atom stereocenters. The van der Waals surface area contributed by atoms with Crippen LogP contribution in [0.4, 0.5) is 17.1 Å². The first-order valence-electron chi connectivity index (χ1n) is 19.3. The van der Waals surface area contributed by atoms with Crippen LogP contribution in [0.5, 0.6) is 0 Å². The van der Waals surface area contributed by atoms with E-state index in [0.717, 1.165) is 22.7 Å². The van der Waals surface area contributed by atoms with Crippen LogP contribution in [0.15, 0.2) is 218 Å². The fourth-order valence-electron chi connectivity index (χ4n) is 8.78. The van der Waals surface area contributed by atoms with Crippen molar-refractivity contribution in [3.05, 3.63) is 218 Å². The van der Waals surface area contributed by atoms with Crippen molar-refractivity contribution >= 4 is 71.2 Å². The smallest absolute Gasteiger partial charge is 0.0547 e. The summed E-state index contributed by atoms with van der Waals surface area (Å²) < 4.78 is 2.40. The molecule has 0 amide bonds. The Morgan fingerprint density at radius 3 is 1.70 bits per heavy atom. The van der Waals surface area contributed by atoms with Gasteiger partial charge in [0.15, 0.2) is 0 Å². The Hall–Kier alpha value is -7.42. The van der Waals surface area contributed by atoms with Gasteiger partial charge < -0.3 is 9.47 Å². The van der Waals surface area contributed by atoms with E-state index in [0.29, 0.717) is 0 Å². The molecule has 2 nitrogen and oxygen atoms in total. The van der Waals surface area contributed by atoms with E-state index in [-0.39, 0.29) is 0 Å². The zero-order valence-corrected chi connectivity index (χ0v) is 30.7. The van der Waals surface area contributed by atoms with E-state index < -0.39 is 0 Å². The topological polar surface area (TPSA) is 8.17 Å². The molecule has 0 aliphatic rings. The molecule has 1 aromatic heterocycles. The molecule has 0 saturated carbocycles. The second-order valence-electron chi connectivity index (χ2n) is 14.5. The predicted octanol–water partition coefficient (Wildman–Crippen LogP) is 15.0. The summed E-state index contributed by atoms with van der Waals surface area (Å²) in [7, 11) is 0.